The summed E-state index contributed by atoms with van der Waals surface area (Å²) in [7, 11) is 8.93. The van der Waals surface area contributed by atoms with Gasteiger partial charge >= 0.3 is 0 Å². The summed E-state index contributed by atoms with van der Waals surface area (Å²) in [6, 6.07) is 16.8. The molecule has 5 aliphatic rings. The third kappa shape index (κ3) is 10.5. The van der Waals surface area contributed by atoms with E-state index in [-0.39, 0.29) is 48.8 Å². The number of aromatic nitrogens is 2. The van der Waals surface area contributed by atoms with Gasteiger partial charge in [0.1, 0.15) is 38.8 Å². The number of hydrogen-bond acceptors (Lipinski definition) is 11. The molecule has 4 amide bonds. The molecule has 0 unspecified atom stereocenters. The molecule has 403 valence electrons. The van der Waals surface area contributed by atoms with Crippen LogP contribution in [0, 0.1) is 28.6 Å². The Bertz CT molecular complexity index is 2960. The number of carbonyl (C=O) groups excluding carboxylic acids is 5. The van der Waals surface area contributed by atoms with Crippen molar-refractivity contribution >= 4 is 50.2 Å². The summed E-state index contributed by atoms with van der Waals surface area (Å²) in [5.41, 5.74) is 8.14. The number of pyridine rings is 1. The number of aryl methyl sites for hydroxylation is 1. The average Bonchev–Trinajstić information content (AvgIpc) is 4.22. The Morgan fingerprint density at radius 1 is 0.961 bits per heavy atom. The average molecular weight is 1050 g/mol. The minimum Gasteiger partial charge on any atom is -0.378 e. The van der Waals surface area contributed by atoms with E-state index in [9.17, 15) is 14.4 Å². The highest BCUT2D eigenvalue weighted by atomic mass is 28.1. The van der Waals surface area contributed by atoms with Crippen molar-refractivity contribution in [2.24, 2.45) is 16.7 Å². The molecule has 2 aromatic carbocycles. The Labute approximate surface area is 451 Å². The van der Waals surface area contributed by atoms with Crippen LogP contribution in [0.4, 0.5) is 0 Å². The van der Waals surface area contributed by atoms with E-state index in [0.717, 1.165) is 50.1 Å². The van der Waals surface area contributed by atoms with Crippen LogP contribution in [-0.2, 0) is 57.6 Å². The summed E-state index contributed by atoms with van der Waals surface area (Å²) in [5, 5.41) is 5.38. The zero-order valence-corrected chi connectivity index (χ0v) is 46.8. The number of rotatable bonds is 10. The van der Waals surface area contributed by atoms with Crippen molar-refractivity contribution in [2.75, 3.05) is 73.8 Å². The fraction of sp³-hybridized carbons (Fsp3) is 0.559. The monoisotopic (exact) mass is 1050 g/mol. The van der Waals surface area contributed by atoms with Crippen molar-refractivity contribution in [3.63, 3.8) is 0 Å². The summed E-state index contributed by atoms with van der Waals surface area (Å²) in [6.07, 6.45) is 4.89. The largest absolute Gasteiger partial charge is 0.378 e. The molecule has 7 heterocycles. The molecule has 4 fully saturated rings. The number of methoxy groups -OCH3 is 1. The molecule has 0 saturated carbocycles. The highest BCUT2D eigenvalue weighted by Gasteiger charge is 2.54. The summed E-state index contributed by atoms with van der Waals surface area (Å²) in [6.45, 7) is 15.6. The third-order valence-electron chi connectivity index (χ3n) is 16.8. The number of ether oxygens (including phenoxy) is 3. The van der Waals surface area contributed by atoms with Gasteiger partial charge in [-0.05, 0) is 124 Å². The number of likely N-dealkylation sites (tertiary alicyclic amines) is 2. The van der Waals surface area contributed by atoms with E-state index in [2.05, 4.69) is 94.6 Å². The molecule has 5 aliphatic heterocycles. The quantitative estimate of drug-likeness (QED) is 0.153. The lowest BCUT2D eigenvalue weighted by Crippen LogP contribution is -2.68. The van der Waals surface area contributed by atoms with Crippen molar-refractivity contribution in [2.45, 2.75) is 122 Å². The fourth-order valence-electron chi connectivity index (χ4n) is 12.4. The van der Waals surface area contributed by atoms with Gasteiger partial charge in [-0.15, -0.1) is 0 Å². The molecular weight excluding hydrogens is 977 g/mol. The van der Waals surface area contributed by atoms with E-state index in [0.29, 0.717) is 84.5 Å². The lowest BCUT2D eigenvalue weighted by Gasteiger charge is -2.43. The molecule has 76 heavy (non-hydrogen) atoms. The van der Waals surface area contributed by atoms with Crippen LogP contribution in [0.25, 0.3) is 33.3 Å². The van der Waals surface area contributed by atoms with Gasteiger partial charge < -0.3 is 38.7 Å². The van der Waals surface area contributed by atoms with Crippen LogP contribution in [0.2, 0.25) is 0 Å². The molecule has 17 heteroatoms. The molecule has 16 nitrogen and oxygen atoms in total. The summed E-state index contributed by atoms with van der Waals surface area (Å²) in [5.74, 6) is 4.40. The van der Waals surface area contributed by atoms with Gasteiger partial charge in [0.05, 0.1) is 42.7 Å². The van der Waals surface area contributed by atoms with E-state index >= 15 is 9.59 Å². The van der Waals surface area contributed by atoms with E-state index in [4.69, 9.17) is 19.2 Å². The first kappa shape index (κ1) is 55.0. The van der Waals surface area contributed by atoms with E-state index < -0.39 is 45.8 Å². The number of carbonyl (C=O) groups is 5. The molecule has 6 bridgehead atoms. The molecule has 2 N–H and O–H groups in total. The smallest absolute Gasteiger partial charge is 0.298 e. The molecule has 4 saturated heterocycles. The topological polar surface area (TPSA) is 168 Å². The van der Waals surface area contributed by atoms with Crippen LogP contribution < -0.4 is 10.7 Å². The Morgan fingerprint density at radius 3 is 2.45 bits per heavy atom. The van der Waals surface area contributed by atoms with Gasteiger partial charge in [0.15, 0.2) is 0 Å². The van der Waals surface area contributed by atoms with E-state index in [1.165, 1.54) is 5.01 Å². The second-order valence-corrected chi connectivity index (χ2v) is 23.7. The third-order valence-corrected chi connectivity index (χ3v) is 17.3. The van der Waals surface area contributed by atoms with Crippen molar-refractivity contribution in [1.82, 2.24) is 40.0 Å². The van der Waals surface area contributed by atoms with Gasteiger partial charge in [-0.3, -0.25) is 34.1 Å². The highest BCUT2D eigenvalue weighted by Crippen LogP contribution is 2.44. The molecule has 0 aliphatic carbocycles. The van der Waals surface area contributed by atoms with Gasteiger partial charge in [-0.1, -0.05) is 63.9 Å². The lowest BCUT2D eigenvalue weighted by molar-refractivity contribution is -0.149. The molecule has 9 rings (SSSR count). The number of nitrogens with one attached hydrogen (secondary N) is 2. The number of nitrogens with zero attached hydrogens (tertiary/aromatic N) is 6. The van der Waals surface area contributed by atoms with Gasteiger partial charge in [-0.25, -0.2) is 5.43 Å². The number of benzene rings is 2. The lowest BCUT2D eigenvalue weighted by atomic mass is 9.84. The van der Waals surface area contributed by atoms with Gasteiger partial charge in [0.2, 0.25) is 11.8 Å². The van der Waals surface area contributed by atoms with Crippen molar-refractivity contribution in [3.05, 3.63) is 77.6 Å². The van der Waals surface area contributed by atoms with E-state index in [1.54, 1.807) is 16.9 Å². The maximum Gasteiger partial charge on any atom is 0.298 e. The first-order valence-electron chi connectivity index (χ1n) is 27.1. The number of amides is 4. The van der Waals surface area contributed by atoms with Crippen molar-refractivity contribution in [3.8, 4) is 34.2 Å². The number of hydrogen-bond donors (Lipinski definition) is 2. The maximum absolute atomic E-state index is 15.2. The Kier molecular flexibility index (Phi) is 15.9. The van der Waals surface area contributed by atoms with Crippen LogP contribution >= 0.6 is 0 Å². The van der Waals surface area contributed by atoms with Crippen LogP contribution in [0.3, 0.4) is 0 Å². The van der Waals surface area contributed by atoms with Gasteiger partial charge in [0.25, 0.3) is 11.8 Å². The SMILES string of the molecule is CCn1c(-c2cccnc2[C@H](C)OC)c2c3cc(ccc31)-c1cccc(c1)C[C@H](NC(=O)[C@H](C(C)C)N1CC[C@]3(CCN(C(=O)C#C[C@@]4(N(C)C)CCOC4)C3)C1=O)C(=O)N1CCC[C@@](C(=O)[Si])(COCC(C)(C)C2)N1. The minimum atomic E-state index is -1.28. The Morgan fingerprint density at radius 2 is 1.74 bits per heavy atom. The summed E-state index contributed by atoms with van der Waals surface area (Å²) < 4.78 is 20.5. The summed E-state index contributed by atoms with van der Waals surface area (Å²) >= 11 is 0. The predicted molar refractivity (Wildman–Crippen MR) is 291 cm³/mol. The van der Waals surface area contributed by atoms with Gasteiger partial charge in [0, 0.05) is 81.9 Å². The zero-order valence-electron chi connectivity index (χ0n) is 45.8. The normalized spacial score (nSPS) is 25.7. The minimum absolute atomic E-state index is 0.0108. The summed E-state index contributed by atoms with van der Waals surface area (Å²) in [4.78, 5) is 82.4. The Hall–Kier alpha value is -5.74. The maximum atomic E-state index is 15.2. The van der Waals surface area contributed by atoms with Crippen LogP contribution in [0.5, 0.6) is 0 Å². The molecular formula is C59H75N8O8Si. The number of fused-ring (bicyclic) bond motifs is 6. The van der Waals surface area contributed by atoms with E-state index in [1.807, 2.05) is 64.2 Å². The molecule has 6 atom stereocenters. The Balaban J connectivity index is 1.05. The number of hydrazine groups is 1. The van der Waals surface area contributed by atoms with Gasteiger partial charge in [-0.2, -0.15) is 0 Å². The van der Waals surface area contributed by atoms with Crippen molar-refractivity contribution < 1.29 is 38.2 Å². The standard InChI is InChI=1S/C59H75N8O8Si/c1-10-65-47-18-17-42-32-44(47)45(51(65)43-16-12-25-60-49(43)39(4)73-9)33-56(5,6)35-75-37-59(55(72)76)20-13-26-67(62-59)53(70)46(31-40-14-11-15-41(42)30-40)61-52(69)50(38(2)3)66-28-23-57(54(66)71)22-27-64(34-57)48(68)19-21-58(63(7)8)24-29-74-36-58/h11-12,14-18,25,30,32,38-39,46,50,62H,10,13,20,22-24,26-29,31,33-37H2,1-9H3,(H,61,69)/t39-,46-,50-,57-,58+,59-/m0/s1. The van der Waals surface area contributed by atoms with Crippen LogP contribution in [0.1, 0.15) is 96.6 Å². The number of likely N-dealkylation sites (N-methyl/N-ethyl adjacent to an activating group) is 1. The molecule has 1 spiro atoms. The molecule has 4 aromatic rings. The first-order chi connectivity index (χ1) is 36.2. The predicted octanol–water partition coefficient (Wildman–Crippen LogP) is 5.48. The highest BCUT2D eigenvalue weighted by molar-refractivity contribution is 6.60. The van der Waals surface area contributed by atoms with Crippen LogP contribution in [-0.4, -0.2) is 166 Å². The zero-order chi connectivity index (χ0) is 54.3. The first-order valence-corrected chi connectivity index (χ1v) is 27.6. The molecule has 2 aromatic heterocycles. The van der Waals surface area contributed by atoms with Crippen LogP contribution in [0.15, 0.2) is 60.8 Å². The molecule has 3 radical (unpaired) electrons. The second kappa shape index (κ2) is 21.9. The fourth-order valence-corrected chi connectivity index (χ4v) is 12.6. The van der Waals surface area contributed by atoms with Crippen molar-refractivity contribution in [1.29, 1.82) is 0 Å². The second-order valence-electron chi connectivity index (χ2n) is 23.2.